The van der Waals surface area contributed by atoms with Gasteiger partial charge in [0.05, 0.1) is 12.6 Å². The van der Waals surface area contributed by atoms with Gasteiger partial charge in [0.1, 0.15) is 0 Å². The van der Waals surface area contributed by atoms with Gasteiger partial charge in [-0.25, -0.2) is 0 Å². The first-order valence-corrected chi connectivity index (χ1v) is 8.19. The lowest BCUT2D eigenvalue weighted by Crippen LogP contribution is -2.41. The summed E-state index contributed by atoms with van der Waals surface area (Å²) in [6.07, 6.45) is 3.16. The van der Waals surface area contributed by atoms with Crippen LogP contribution in [0.2, 0.25) is 0 Å². The van der Waals surface area contributed by atoms with Crippen molar-refractivity contribution >= 4 is 5.91 Å². The molecule has 0 saturated heterocycles. The first-order valence-electron chi connectivity index (χ1n) is 8.19. The van der Waals surface area contributed by atoms with Crippen molar-refractivity contribution in [2.24, 2.45) is 5.92 Å². The third-order valence-electron chi connectivity index (χ3n) is 4.22. The minimum absolute atomic E-state index is 0.0797. The van der Waals surface area contributed by atoms with Gasteiger partial charge < -0.3 is 10.6 Å². The normalized spacial score (nSPS) is 14.0. The smallest absolute Gasteiger partial charge is 0.234 e. The van der Waals surface area contributed by atoms with Crippen molar-refractivity contribution in [1.29, 1.82) is 0 Å². The molecule has 1 rings (SSSR count). The van der Waals surface area contributed by atoms with Crippen LogP contribution in [0.15, 0.2) is 30.3 Å². The van der Waals surface area contributed by atoms with E-state index in [2.05, 4.69) is 50.5 Å². The van der Waals surface area contributed by atoms with E-state index in [1.54, 1.807) is 0 Å². The molecule has 1 aromatic carbocycles. The molecule has 1 aromatic rings. The Morgan fingerprint density at radius 2 is 1.67 bits per heavy atom. The Morgan fingerprint density at radius 3 is 2.19 bits per heavy atom. The van der Waals surface area contributed by atoms with Gasteiger partial charge in [-0.3, -0.25) is 4.79 Å². The van der Waals surface area contributed by atoms with Gasteiger partial charge in [0.25, 0.3) is 0 Å². The van der Waals surface area contributed by atoms with Crippen LogP contribution in [-0.4, -0.2) is 18.5 Å². The van der Waals surface area contributed by atoms with Crippen molar-refractivity contribution in [3.63, 3.8) is 0 Å². The molecule has 3 heteroatoms. The summed E-state index contributed by atoms with van der Waals surface area (Å²) in [4.78, 5) is 12.2. The number of hydrogen-bond acceptors (Lipinski definition) is 2. The molecule has 118 valence electrons. The average molecular weight is 290 g/mol. The third-order valence-corrected chi connectivity index (χ3v) is 4.22. The Balaban J connectivity index is 2.72. The summed E-state index contributed by atoms with van der Waals surface area (Å²) in [5, 5.41) is 6.47. The number of carbonyl (C=O) groups is 1. The van der Waals surface area contributed by atoms with E-state index in [4.69, 9.17) is 0 Å². The average Bonchev–Trinajstić information content (AvgIpc) is 2.53. The Labute approximate surface area is 129 Å². The molecule has 21 heavy (non-hydrogen) atoms. The largest absolute Gasteiger partial charge is 0.348 e. The Morgan fingerprint density at radius 1 is 1.05 bits per heavy atom. The molecule has 0 bridgehead atoms. The van der Waals surface area contributed by atoms with Crippen molar-refractivity contribution in [1.82, 2.24) is 10.6 Å². The lowest BCUT2D eigenvalue weighted by Gasteiger charge is -2.27. The maximum absolute atomic E-state index is 12.2. The summed E-state index contributed by atoms with van der Waals surface area (Å²) < 4.78 is 0. The monoisotopic (exact) mass is 290 g/mol. The Bertz CT molecular complexity index is 401. The first kappa shape index (κ1) is 17.7. The van der Waals surface area contributed by atoms with Gasteiger partial charge in [-0.05, 0) is 24.8 Å². The second-order valence-electron chi connectivity index (χ2n) is 5.72. The molecular formula is C18H30N2O. The molecule has 0 aromatic heterocycles. The summed E-state index contributed by atoms with van der Waals surface area (Å²) >= 11 is 0. The number of carbonyl (C=O) groups excluding carboxylic acids is 1. The molecular weight excluding hydrogens is 260 g/mol. The molecule has 2 unspecified atom stereocenters. The van der Waals surface area contributed by atoms with Crippen LogP contribution in [0.25, 0.3) is 0 Å². The Kier molecular flexibility index (Phi) is 8.06. The van der Waals surface area contributed by atoms with Gasteiger partial charge in [-0.2, -0.15) is 0 Å². The quantitative estimate of drug-likeness (QED) is 0.728. The number of nitrogens with one attached hydrogen (secondary N) is 2. The minimum atomic E-state index is 0.0797. The number of benzene rings is 1. The molecule has 2 atom stereocenters. The molecule has 0 radical (unpaired) electrons. The maximum atomic E-state index is 12.2. The number of amides is 1. The highest BCUT2D eigenvalue weighted by molar-refractivity contribution is 5.78. The van der Waals surface area contributed by atoms with E-state index in [0.29, 0.717) is 18.5 Å². The maximum Gasteiger partial charge on any atom is 0.234 e. The van der Waals surface area contributed by atoms with Gasteiger partial charge in [-0.1, -0.05) is 63.9 Å². The third kappa shape index (κ3) is 5.88. The van der Waals surface area contributed by atoms with E-state index in [1.807, 2.05) is 18.2 Å². The predicted octanol–water partition coefficient (Wildman–Crippen LogP) is 3.67. The highest BCUT2D eigenvalue weighted by Gasteiger charge is 2.22. The zero-order valence-corrected chi connectivity index (χ0v) is 13.9. The summed E-state index contributed by atoms with van der Waals surface area (Å²) in [6, 6.07) is 10.8. The minimum Gasteiger partial charge on any atom is -0.348 e. The molecule has 0 saturated carbocycles. The molecule has 2 N–H and O–H groups in total. The zero-order valence-electron chi connectivity index (χ0n) is 13.9. The van der Waals surface area contributed by atoms with Crippen LogP contribution in [0.4, 0.5) is 0 Å². The van der Waals surface area contributed by atoms with E-state index in [-0.39, 0.29) is 11.9 Å². The lowest BCUT2D eigenvalue weighted by atomic mass is 9.89. The molecule has 1 amide bonds. The number of hydrogen-bond donors (Lipinski definition) is 2. The van der Waals surface area contributed by atoms with Crippen LogP contribution >= 0.6 is 0 Å². The summed E-state index contributed by atoms with van der Waals surface area (Å²) in [5.74, 6) is 0.552. The van der Waals surface area contributed by atoms with Crippen LogP contribution in [0.1, 0.15) is 58.6 Å². The molecule has 3 nitrogen and oxygen atoms in total. The van der Waals surface area contributed by atoms with Gasteiger partial charge in [0, 0.05) is 6.04 Å². The van der Waals surface area contributed by atoms with E-state index in [9.17, 15) is 4.79 Å². The van der Waals surface area contributed by atoms with Crippen LogP contribution in [0.5, 0.6) is 0 Å². The van der Waals surface area contributed by atoms with E-state index in [0.717, 1.165) is 19.3 Å². The van der Waals surface area contributed by atoms with Crippen LogP contribution < -0.4 is 10.6 Å². The van der Waals surface area contributed by atoms with Crippen molar-refractivity contribution in [3.8, 4) is 0 Å². The standard InChI is InChI=1S/C18H30N2O/c1-5-14(4)19-13-17(21)20-18(15(6-2)7-3)16-11-9-8-10-12-16/h8-12,14-15,18-19H,5-7,13H2,1-4H3,(H,20,21). The molecule has 0 heterocycles. The van der Waals surface area contributed by atoms with Crippen LogP contribution in [0, 0.1) is 5.92 Å². The summed E-state index contributed by atoms with van der Waals surface area (Å²) in [5.41, 5.74) is 1.20. The summed E-state index contributed by atoms with van der Waals surface area (Å²) in [6.45, 7) is 8.98. The Hall–Kier alpha value is -1.35. The summed E-state index contributed by atoms with van der Waals surface area (Å²) in [7, 11) is 0. The van der Waals surface area contributed by atoms with Gasteiger partial charge in [-0.15, -0.1) is 0 Å². The van der Waals surface area contributed by atoms with Crippen LogP contribution in [0.3, 0.4) is 0 Å². The van der Waals surface area contributed by atoms with E-state index in [1.165, 1.54) is 5.56 Å². The molecule has 0 aliphatic rings. The topological polar surface area (TPSA) is 41.1 Å². The SMILES string of the molecule is CCC(C)NCC(=O)NC(c1ccccc1)C(CC)CC. The van der Waals surface area contributed by atoms with Gasteiger partial charge >= 0.3 is 0 Å². The fourth-order valence-corrected chi connectivity index (χ4v) is 2.53. The number of rotatable bonds is 9. The zero-order chi connectivity index (χ0) is 15.7. The first-order chi connectivity index (χ1) is 10.1. The van der Waals surface area contributed by atoms with Gasteiger partial charge in [0.2, 0.25) is 5.91 Å². The second kappa shape index (κ2) is 9.56. The van der Waals surface area contributed by atoms with Crippen molar-refractivity contribution in [2.45, 2.75) is 59.0 Å². The second-order valence-corrected chi connectivity index (χ2v) is 5.72. The van der Waals surface area contributed by atoms with Crippen molar-refractivity contribution in [2.75, 3.05) is 6.54 Å². The molecule has 0 aliphatic carbocycles. The molecule has 0 aliphatic heterocycles. The predicted molar refractivity (Wildman–Crippen MR) is 89.2 cm³/mol. The fourth-order valence-electron chi connectivity index (χ4n) is 2.53. The van der Waals surface area contributed by atoms with E-state index >= 15 is 0 Å². The highest BCUT2D eigenvalue weighted by atomic mass is 16.2. The van der Waals surface area contributed by atoms with Crippen molar-refractivity contribution in [3.05, 3.63) is 35.9 Å². The van der Waals surface area contributed by atoms with E-state index < -0.39 is 0 Å². The fraction of sp³-hybridized carbons (Fsp3) is 0.611. The van der Waals surface area contributed by atoms with Gasteiger partial charge in [0.15, 0.2) is 0 Å². The highest BCUT2D eigenvalue weighted by Crippen LogP contribution is 2.27. The van der Waals surface area contributed by atoms with Crippen molar-refractivity contribution < 1.29 is 4.79 Å². The molecule has 0 spiro atoms. The molecule has 0 fully saturated rings. The van der Waals surface area contributed by atoms with Crippen LogP contribution in [-0.2, 0) is 4.79 Å². The lowest BCUT2D eigenvalue weighted by molar-refractivity contribution is -0.121.